The predicted octanol–water partition coefficient (Wildman–Crippen LogP) is 5.70. The maximum atomic E-state index is 14.2. The summed E-state index contributed by atoms with van der Waals surface area (Å²) >= 11 is 0. The summed E-state index contributed by atoms with van der Waals surface area (Å²) in [7, 11) is 3.91. The van der Waals surface area contributed by atoms with E-state index in [2.05, 4.69) is 39.3 Å². The van der Waals surface area contributed by atoms with Gasteiger partial charge in [0, 0.05) is 43.9 Å². The lowest BCUT2D eigenvalue weighted by molar-refractivity contribution is 0.122. The second-order valence-corrected chi connectivity index (χ2v) is 11.4. The molecular formula is C32H39F2N7O2. The van der Waals surface area contributed by atoms with Gasteiger partial charge in [0.1, 0.15) is 17.4 Å². The third-order valence-electron chi connectivity index (χ3n) is 8.65. The number of nitrogens with one attached hydrogen (secondary N) is 1. The van der Waals surface area contributed by atoms with Crippen molar-refractivity contribution in [2.24, 2.45) is 5.92 Å². The number of aromatic nitrogens is 4. The molecule has 6 rings (SSSR count). The maximum Gasteiger partial charge on any atom is 0.296 e. The third kappa shape index (κ3) is 6.57. The SMILES string of the molecule is COc1ccccc1CN(C)C1CCC(CNc2nc(N3CCOCC3)cc(-n3c(C(F)F)nc4ccccc43)n2)CC1. The topological polar surface area (TPSA) is 80.6 Å². The number of methoxy groups -OCH3 is 1. The average molecular weight is 592 g/mol. The molecule has 1 aliphatic heterocycles. The van der Waals surface area contributed by atoms with Crippen LogP contribution in [0.5, 0.6) is 5.75 Å². The number of imidazole rings is 1. The Labute approximate surface area is 250 Å². The molecule has 228 valence electrons. The van der Waals surface area contributed by atoms with Gasteiger partial charge in [-0.15, -0.1) is 0 Å². The van der Waals surface area contributed by atoms with Crippen molar-refractivity contribution in [3.63, 3.8) is 0 Å². The molecule has 1 N–H and O–H groups in total. The maximum absolute atomic E-state index is 14.2. The summed E-state index contributed by atoms with van der Waals surface area (Å²) in [4.78, 5) is 18.3. The summed E-state index contributed by atoms with van der Waals surface area (Å²) < 4.78 is 40.9. The van der Waals surface area contributed by atoms with Crippen molar-refractivity contribution in [1.82, 2.24) is 24.4 Å². The Morgan fingerprint density at radius 3 is 2.47 bits per heavy atom. The van der Waals surface area contributed by atoms with E-state index in [9.17, 15) is 8.78 Å². The molecule has 1 saturated heterocycles. The molecule has 0 radical (unpaired) electrons. The van der Waals surface area contributed by atoms with Gasteiger partial charge >= 0.3 is 0 Å². The number of nitrogens with zero attached hydrogens (tertiary/aromatic N) is 6. The van der Waals surface area contributed by atoms with Gasteiger partial charge in [0.15, 0.2) is 5.82 Å². The lowest BCUT2D eigenvalue weighted by Crippen LogP contribution is -2.37. The highest BCUT2D eigenvalue weighted by molar-refractivity contribution is 5.78. The molecule has 9 nitrogen and oxygen atoms in total. The van der Waals surface area contributed by atoms with Gasteiger partial charge in [0.25, 0.3) is 6.43 Å². The molecule has 0 unspecified atom stereocenters. The smallest absolute Gasteiger partial charge is 0.296 e. The van der Waals surface area contributed by atoms with Gasteiger partial charge in [-0.1, -0.05) is 30.3 Å². The minimum atomic E-state index is -2.75. The molecule has 0 amide bonds. The average Bonchev–Trinajstić information content (AvgIpc) is 3.45. The molecule has 0 atom stereocenters. The Balaban J connectivity index is 1.17. The number of morpholine rings is 1. The number of benzene rings is 2. The molecule has 2 fully saturated rings. The quantitative estimate of drug-likeness (QED) is 0.252. The molecule has 43 heavy (non-hydrogen) atoms. The van der Waals surface area contributed by atoms with Crippen LogP contribution in [0.2, 0.25) is 0 Å². The van der Waals surface area contributed by atoms with Gasteiger partial charge in [0.2, 0.25) is 5.95 Å². The van der Waals surface area contributed by atoms with E-state index >= 15 is 0 Å². The Morgan fingerprint density at radius 1 is 0.977 bits per heavy atom. The van der Waals surface area contributed by atoms with Gasteiger partial charge < -0.3 is 19.7 Å². The van der Waals surface area contributed by atoms with Gasteiger partial charge in [-0.3, -0.25) is 9.47 Å². The number of ether oxygens (including phenoxy) is 2. The number of alkyl halides is 2. The van der Waals surface area contributed by atoms with Crippen LogP contribution in [-0.2, 0) is 11.3 Å². The predicted molar refractivity (Wildman–Crippen MR) is 163 cm³/mol. The van der Waals surface area contributed by atoms with Crippen LogP contribution in [0.25, 0.3) is 16.9 Å². The van der Waals surface area contributed by atoms with E-state index in [1.165, 1.54) is 10.1 Å². The Bertz CT molecular complexity index is 1520. The van der Waals surface area contributed by atoms with Crippen LogP contribution < -0.4 is 15.0 Å². The first-order valence-corrected chi connectivity index (χ1v) is 15.0. The zero-order valence-corrected chi connectivity index (χ0v) is 24.8. The Kier molecular flexibility index (Phi) is 8.99. The van der Waals surface area contributed by atoms with Crippen molar-refractivity contribution >= 4 is 22.8 Å². The van der Waals surface area contributed by atoms with E-state index in [1.807, 2.05) is 18.2 Å². The van der Waals surface area contributed by atoms with E-state index in [-0.39, 0.29) is 5.82 Å². The number of hydrogen-bond acceptors (Lipinski definition) is 8. The van der Waals surface area contributed by atoms with Crippen molar-refractivity contribution in [3.05, 3.63) is 66.0 Å². The van der Waals surface area contributed by atoms with Crippen molar-refractivity contribution in [2.75, 3.05) is 57.2 Å². The highest BCUT2D eigenvalue weighted by Gasteiger charge is 2.26. The normalized spacial score (nSPS) is 19.3. The first-order valence-electron chi connectivity index (χ1n) is 15.0. The summed E-state index contributed by atoms with van der Waals surface area (Å²) in [5.41, 5.74) is 2.29. The van der Waals surface area contributed by atoms with Gasteiger partial charge in [-0.05, 0) is 56.8 Å². The lowest BCUT2D eigenvalue weighted by atomic mass is 9.85. The van der Waals surface area contributed by atoms with Crippen molar-refractivity contribution in [2.45, 2.75) is 44.7 Å². The molecule has 1 saturated carbocycles. The fourth-order valence-corrected chi connectivity index (χ4v) is 6.26. The minimum Gasteiger partial charge on any atom is -0.496 e. The van der Waals surface area contributed by atoms with Crippen LogP contribution in [0.1, 0.15) is 43.5 Å². The number of anilines is 2. The van der Waals surface area contributed by atoms with Crippen LogP contribution in [0.4, 0.5) is 20.5 Å². The molecule has 0 spiro atoms. The Hall–Kier alpha value is -3.83. The summed E-state index contributed by atoms with van der Waals surface area (Å²) in [5.74, 6) is 2.58. The van der Waals surface area contributed by atoms with Crippen molar-refractivity contribution < 1.29 is 18.3 Å². The number of para-hydroxylation sites is 3. The van der Waals surface area contributed by atoms with Gasteiger partial charge in [0.05, 0.1) is 31.4 Å². The monoisotopic (exact) mass is 591 g/mol. The minimum absolute atomic E-state index is 0.325. The summed E-state index contributed by atoms with van der Waals surface area (Å²) in [5, 5.41) is 3.46. The summed E-state index contributed by atoms with van der Waals surface area (Å²) in [6.07, 6.45) is 1.65. The molecule has 11 heteroatoms. The number of rotatable bonds is 10. The van der Waals surface area contributed by atoms with Crippen LogP contribution in [-0.4, -0.2) is 77.5 Å². The van der Waals surface area contributed by atoms with E-state index in [0.717, 1.165) is 44.5 Å². The number of hydrogen-bond donors (Lipinski definition) is 1. The molecule has 0 bridgehead atoms. The summed E-state index contributed by atoms with van der Waals surface area (Å²) in [6, 6.07) is 17.6. The molecule has 4 aromatic rings. The van der Waals surface area contributed by atoms with Crippen molar-refractivity contribution in [1.29, 1.82) is 0 Å². The third-order valence-corrected chi connectivity index (χ3v) is 8.65. The molecule has 2 aromatic heterocycles. The zero-order chi connectivity index (χ0) is 29.8. The van der Waals surface area contributed by atoms with E-state index in [1.54, 1.807) is 31.4 Å². The second kappa shape index (κ2) is 13.2. The largest absolute Gasteiger partial charge is 0.496 e. The number of fused-ring (bicyclic) bond motifs is 1. The van der Waals surface area contributed by atoms with Crippen LogP contribution in [0, 0.1) is 5.92 Å². The van der Waals surface area contributed by atoms with Crippen LogP contribution in [0.15, 0.2) is 54.6 Å². The molecule has 2 aliphatic rings. The zero-order valence-electron chi connectivity index (χ0n) is 24.8. The fraction of sp³-hybridized carbons (Fsp3) is 0.469. The highest BCUT2D eigenvalue weighted by Crippen LogP contribution is 2.31. The highest BCUT2D eigenvalue weighted by atomic mass is 19.3. The van der Waals surface area contributed by atoms with E-state index in [4.69, 9.17) is 19.4 Å². The van der Waals surface area contributed by atoms with Crippen LogP contribution >= 0.6 is 0 Å². The Morgan fingerprint density at radius 2 is 1.70 bits per heavy atom. The van der Waals surface area contributed by atoms with Crippen molar-refractivity contribution in [3.8, 4) is 11.6 Å². The molecule has 3 heterocycles. The standard InChI is InChI=1S/C32H39F2N7O2/c1-39(21-23-7-3-6-10-27(23)42-2)24-13-11-22(12-14-24)20-35-32-37-28(40-15-17-43-18-16-40)19-29(38-32)41-26-9-5-4-8-25(26)36-31(41)30(33)34/h3-10,19,22,24,30H,11-18,20-21H2,1-2H3,(H,35,37,38). The van der Waals surface area contributed by atoms with E-state index < -0.39 is 6.43 Å². The first-order chi connectivity index (χ1) is 21.0. The second-order valence-electron chi connectivity index (χ2n) is 11.4. The molecular weight excluding hydrogens is 552 g/mol. The number of halogens is 2. The van der Waals surface area contributed by atoms with Gasteiger partial charge in [-0.2, -0.15) is 9.97 Å². The van der Waals surface area contributed by atoms with Crippen LogP contribution in [0.3, 0.4) is 0 Å². The van der Waals surface area contributed by atoms with Gasteiger partial charge in [-0.25, -0.2) is 13.8 Å². The van der Waals surface area contributed by atoms with E-state index in [0.29, 0.717) is 66.9 Å². The lowest BCUT2D eigenvalue weighted by Gasteiger charge is -2.35. The summed E-state index contributed by atoms with van der Waals surface area (Å²) in [6.45, 7) is 4.11. The first kappa shape index (κ1) is 29.3. The fourth-order valence-electron chi connectivity index (χ4n) is 6.26. The molecule has 1 aliphatic carbocycles. The molecule has 2 aromatic carbocycles.